The first kappa shape index (κ1) is 67.9. The number of anilines is 4. The summed E-state index contributed by atoms with van der Waals surface area (Å²) in [6.45, 7) is 2.12. The van der Waals surface area contributed by atoms with E-state index in [0.717, 1.165) is 47.0 Å². The van der Waals surface area contributed by atoms with Crippen molar-refractivity contribution in [2.24, 2.45) is 0 Å². The van der Waals surface area contributed by atoms with Crippen LogP contribution >= 0.6 is 0 Å². The number of carboxylic acid groups (broad SMARTS) is 1. The standard InChI is InChI=1S/C19H14N2.2C11H6F2N.2C11H9NO.C6H5NO2.Be.2Ir/c1-3-9-16(10-4-1)20-15-21(17-11-5-2-6-12-17)19-14-8-7-13-18(19)20;2*12-8-4-5-9(10(13)7-8)11-3-1-2-6-14-11;2*13-11-7-2-1-5-9(11)10-6-3-4-8-12-10;8-6(9)5-3-1-2-4-7-5;;;/h1-11,13-15H;2*1-4,6-7H;2*1-8,13H;1-4H,(H,8,9);;;/q-2;2*-1;;;;+2;;. The molecule has 0 aliphatic carbocycles. The minimum absolute atomic E-state index is 0. The molecule has 0 bridgehead atoms. The number of para-hydroxylation sites is 6. The van der Waals surface area contributed by atoms with Crippen molar-refractivity contribution in [3.05, 3.63) is 327 Å². The number of nitrogens with zero attached hydrogens (tertiary/aromatic N) is 5. The molecular formula is C69H49BeF4Ir2N7O4-2. The van der Waals surface area contributed by atoms with Gasteiger partial charge in [0.05, 0.1) is 0 Å². The van der Waals surface area contributed by atoms with E-state index >= 15 is 0 Å². The summed E-state index contributed by atoms with van der Waals surface area (Å²) >= 11 is 0. The number of hydrogen-bond donors (Lipinski definition) is 1. The van der Waals surface area contributed by atoms with Gasteiger partial charge in [0.2, 0.25) is 11.4 Å². The minimum Gasteiger partial charge on any atom is -0.872 e. The molecule has 13 rings (SSSR count). The van der Waals surface area contributed by atoms with E-state index in [1.807, 2.05) is 97.3 Å². The van der Waals surface area contributed by atoms with E-state index < -0.39 is 29.2 Å². The molecule has 7 aromatic carbocycles. The van der Waals surface area contributed by atoms with Crippen molar-refractivity contribution in [1.29, 1.82) is 0 Å². The number of pyridine rings is 5. The number of carboxylic acids is 1. The predicted octanol–water partition coefficient (Wildman–Crippen LogP) is 13.4. The van der Waals surface area contributed by atoms with Gasteiger partial charge in [-0.3, -0.25) is 17.6 Å². The van der Waals surface area contributed by atoms with Crippen LogP contribution in [-0.4, -0.2) is 36.1 Å². The summed E-state index contributed by atoms with van der Waals surface area (Å²) in [5, 5.41) is 31.1. The van der Waals surface area contributed by atoms with E-state index in [0.29, 0.717) is 22.5 Å². The second-order valence-corrected chi connectivity index (χ2v) is 17.5. The minimum atomic E-state index is -0.990. The van der Waals surface area contributed by atoms with E-state index in [4.69, 9.17) is 5.11 Å². The molecule has 0 saturated heterocycles. The van der Waals surface area contributed by atoms with Crippen LogP contribution < -0.4 is 30.0 Å². The number of aromatic carboxylic acids is 1. The second-order valence-electron chi connectivity index (χ2n) is 17.5. The Balaban J connectivity index is 0.000000192. The van der Waals surface area contributed by atoms with Crippen molar-refractivity contribution in [3.8, 4) is 56.5 Å². The van der Waals surface area contributed by atoms with Gasteiger partial charge in [-0.15, -0.1) is 36.6 Å². The molecule has 2 radical (unpaired) electrons. The molecule has 434 valence electrons. The van der Waals surface area contributed by atoms with Crippen molar-refractivity contribution in [2.45, 2.75) is 0 Å². The number of benzene rings is 7. The summed E-state index contributed by atoms with van der Waals surface area (Å²) in [5.74, 6) is -3.47. The van der Waals surface area contributed by atoms with Gasteiger partial charge >= 0.3 is 16.1 Å². The van der Waals surface area contributed by atoms with Crippen LogP contribution in [0.3, 0.4) is 0 Å². The third kappa shape index (κ3) is 19.9. The Morgan fingerprint density at radius 3 is 1.32 bits per heavy atom. The normalized spacial score (nSPS) is 10.3. The number of H-pyrrole nitrogens is 2. The van der Waals surface area contributed by atoms with Crippen LogP contribution in [-0.2, 0) is 40.2 Å². The second kappa shape index (κ2) is 35.4. The van der Waals surface area contributed by atoms with E-state index in [1.165, 1.54) is 23.6 Å². The molecule has 0 atom stereocenters. The van der Waals surface area contributed by atoms with Crippen molar-refractivity contribution < 1.29 is 87.9 Å². The van der Waals surface area contributed by atoms with Crippen LogP contribution in [0.5, 0.6) is 11.5 Å². The van der Waals surface area contributed by atoms with Crippen molar-refractivity contribution in [1.82, 2.24) is 15.0 Å². The van der Waals surface area contributed by atoms with E-state index in [9.17, 15) is 32.6 Å². The van der Waals surface area contributed by atoms with Crippen LogP contribution in [0.4, 0.5) is 40.3 Å². The number of rotatable bonds is 7. The predicted molar refractivity (Wildman–Crippen MR) is 316 cm³/mol. The molecular weight excluding hydrogens is 1460 g/mol. The maximum atomic E-state index is 13.2. The summed E-state index contributed by atoms with van der Waals surface area (Å²) in [6, 6.07) is 79.2. The Kier molecular flexibility index (Phi) is 27.7. The molecule has 0 unspecified atom stereocenters. The van der Waals surface area contributed by atoms with Crippen molar-refractivity contribution in [3.63, 3.8) is 0 Å². The molecule has 6 heterocycles. The van der Waals surface area contributed by atoms with E-state index in [2.05, 4.69) is 114 Å². The first-order chi connectivity index (χ1) is 41.0. The van der Waals surface area contributed by atoms with Gasteiger partial charge in [-0.25, -0.2) is 19.7 Å². The SMILES string of the molecule is Fc1c[c-]c(-c2ccccn2)c(F)c1.Fc1c[c-]c(-c2ccccn2)c(F)c1.O=C(O)c1ccccn1.[Be+2].[Ir].[Ir].[O-]c1ccccc1-c1cccc[nH+]1.[O-]c1ccccc1-c1cccc[nH+]1.[c-]1ccccc1N1[CH-]N(c2ccccc2)c2ccccc21. The Labute approximate surface area is 532 Å². The topological polar surface area (TPSA) is 157 Å². The molecule has 0 fully saturated rings. The first-order valence-electron chi connectivity index (χ1n) is 25.7. The van der Waals surface area contributed by atoms with Gasteiger partial charge in [-0.1, -0.05) is 132 Å². The third-order valence-corrected chi connectivity index (χ3v) is 11.8. The van der Waals surface area contributed by atoms with Crippen molar-refractivity contribution >= 4 is 38.8 Å². The van der Waals surface area contributed by atoms with E-state index in [1.54, 1.807) is 85.2 Å². The third-order valence-electron chi connectivity index (χ3n) is 11.8. The van der Waals surface area contributed by atoms with Crippen LogP contribution in [0, 0.1) is 48.1 Å². The number of halogens is 4. The maximum Gasteiger partial charge on any atom is 2.00 e. The number of fused-ring (bicyclic) bond motifs is 1. The molecule has 18 heteroatoms. The van der Waals surface area contributed by atoms with Gasteiger partial charge in [0, 0.05) is 135 Å². The maximum absolute atomic E-state index is 13.2. The number of aromatic nitrogens is 5. The Morgan fingerprint density at radius 1 is 0.483 bits per heavy atom. The molecule has 1 aliphatic rings. The fourth-order valence-corrected chi connectivity index (χ4v) is 7.92. The molecule has 0 saturated carbocycles. The largest absolute Gasteiger partial charge is 2.00 e. The average Bonchev–Trinajstić information content (AvgIpc) is 1.76. The Bertz CT molecular complexity index is 3730. The zero-order chi connectivity index (χ0) is 58.9. The monoisotopic (exact) mass is 1510 g/mol. The molecule has 1 aliphatic heterocycles. The number of aromatic amines is 2. The summed E-state index contributed by atoms with van der Waals surface area (Å²) in [7, 11) is 0. The molecule has 87 heavy (non-hydrogen) atoms. The average molecular weight is 1510 g/mol. The zero-order valence-corrected chi connectivity index (χ0v) is 50.6. The van der Waals surface area contributed by atoms with Crippen LogP contribution in [0.1, 0.15) is 10.5 Å². The van der Waals surface area contributed by atoms with Crippen LogP contribution in [0.15, 0.2) is 274 Å². The zero-order valence-electron chi connectivity index (χ0n) is 45.9. The molecule has 11 nitrogen and oxygen atoms in total. The van der Waals surface area contributed by atoms with Gasteiger partial charge in [-0.05, 0) is 84.2 Å². The molecule has 0 amide bonds. The van der Waals surface area contributed by atoms with Gasteiger partial charge in [0.25, 0.3) is 0 Å². The van der Waals surface area contributed by atoms with Gasteiger partial charge in [0.1, 0.15) is 5.69 Å². The molecule has 0 spiro atoms. The smallest absolute Gasteiger partial charge is 0.872 e. The Morgan fingerprint density at radius 2 is 0.920 bits per heavy atom. The van der Waals surface area contributed by atoms with Gasteiger partial charge < -0.3 is 35.1 Å². The van der Waals surface area contributed by atoms with E-state index in [-0.39, 0.29) is 78.7 Å². The molecule has 3 N–H and O–H groups in total. The fraction of sp³-hybridized carbons (Fsp3) is 0. The summed E-state index contributed by atoms with van der Waals surface area (Å²) < 4.78 is 51.6. The Hall–Kier alpha value is -9.85. The quantitative estimate of drug-likeness (QED) is 0.0932. The first-order valence-corrected chi connectivity index (χ1v) is 25.7. The van der Waals surface area contributed by atoms with Crippen molar-refractivity contribution in [2.75, 3.05) is 9.80 Å². The summed E-state index contributed by atoms with van der Waals surface area (Å²) in [5.41, 5.74) is 9.04. The van der Waals surface area contributed by atoms with Crippen LogP contribution in [0.2, 0.25) is 0 Å². The van der Waals surface area contributed by atoms with Gasteiger partial charge in [-0.2, -0.15) is 30.3 Å². The fourth-order valence-electron chi connectivity index (χ4n) is 7.92. The summed E-state index contributed by atoms with van der Waals surface area (Å²) in [6.07, 6.45) is 8.16. The molecule has 12 aromatic rings. The number of hydrogen-bond acceptors (Lipinski definition) is 8. The molecule has 5 aromatic heterocycles. The summed E-state index contributed by atoms with van der Waals surface area (Å²) in [4.78, 5) is 32.0. The number of carbonyl (C=O) groups is 1. The number of nitrogens with one attached hydrogen (secondary N) is 2. The van der Waals surface area contributed by atoms with Gasteiger partial charge in [0.15, 0.2) is 12.4 Å². The van der Waals surface area contributed by atoms with Crippen LogP contribution in [0.25, 0.3) is 45.0 Å².